The van der Waals surface area contributed by atoms with Crippen LogP contribution < -0.4 is 0 Å². The predicted octanol–water partition coefficient (Wildman–Crippen LogP) is 3.03. The van der Waals surface area contributed by atoms with Crippen LogP contribution >= 0.6 is 0 Å². The third-order valence-corrected chi connectivity index (χ3v) is 4.64. The molecule has 4 heterocycles. The highest BCUT2D eigenvalue weighted by atomic mass is 16.5. The molecule has 0 N–H and O–H groups in total. The van der Waals surface area contributed by atoms with Crippen molar-refractivity contribution in [1.82, 2.24) is 14.5 Å². The van der Waals surface area contributed by atoms with Gasteiger partial charge in [0.15, 0.2) is 5.76 Å². The molecule has 0 saturated heterocycles. The summed E-state index contributed by atoms with van der Waals surface area (Å²) in [5.41, 5.74) is 2.82. The summed E-state index contributed by atoms with van der Waals surface area (Å²) in [4.78, 5) is 19.0. The van der Waals surface area contributed by atoms with Crippen LogP contribution in [0.3, 0.4) is 0 Å². The third kappa shape index (κ3) is 3.41. The second kappa shape index (κ2) is 7.17. The lowest BCUT2D eigenvalue weighted by Gasteiger charge is -2.24. The van der Waals surface area contributed by atoms with Crippen molar-refractivity contribution in [3.05, 3.63) is 77.8 Å². The van der Waals surface area contributed by atoms with E-state index in [0.717, 1.165) is 17.0 Å². The van der Waals surface area contributed by atoms with Gasteiger partial charge in [0, 0.05) is 30.2 Å². The van der Waals surface area contributed by atoms with Gasteiger partial charge in [-0.2, -0.15) is 0 Å². The molecule has 1 atom stereocenters. The molecular formula is C20H21N3O3. The molecule has 0 bridgehead atoms. The smallest absolute Gasteiger partial charge is 0.290 e. The Morgan fingerprint density at radius 2 is 2.19 bits per heavy atom. The first kappa shape index (κ1) is 16.6. The van der Waals surface area contributed by atoms with Crippen molar-refractivity contribution in [3.63, 3.8) is 0 Å². The van der Waals surface area contributed by atoms with Gasteiger partial charge < -0.3 is 18.6 Å². The third-order valence-electron chi connectivity index (χ3n) is 4.64. The molecule has 0 saturated carbocycles. The van der Waals surface area contributed by atoms with Gasteiger partial charge in [0.2, 0.25) is 0 Å². The highest BCUT2D eigenvalue weighted by Gasteiger charge is 2.28. The minimum Gasteiger partial charge on any atom is -0.459 e. The summed E-state index contributed by atoms with van der Waals surface area (Å²) in [7, 11) is 0. The lowest BCUT2D eigenvalue weighted by atomic mass is 10.2. The van der Waals surface area contributed by atoms with E-state index < -0.39 is 0 Å². The molecule has 3 aromatic rings. The molecule has 6 nitrogen and oxygen atoms in total. The van der Waals surface area contributed by atoms with Crippen LogP contribution in [0.2, 0.25) is 0 Å². The maximum Gasteiger partial charge on any atom is 0.290 e. The Kier molecular flexibility index (Phi) is 4.58. The van der Waals surface area contributed by atoms with Crippen molar-refractivity contribution >= 4 is 5.91 Å². The fraction of sp³-hybridized carbons (Fsp3) is 0.300. The van der Waals surface area contributed by atoms with Crippen molar-refractivity contribution in [3.8, 4) is 0 Å². The van der Waals surface area contributed by atoms with Gasteiger partial charge in [-0.15, -0.1) is 0 Å². The Morgan fingerprint density at radius 1 is 1.27 bits per heavy atom. The molecule has 1 aliphatic rings. The number of amides is 1. The zero-order valence-electron chi connectivity index (χ0n) is 14.7. The molecule has 0 spiro atoms. The van der Waals surface area contributed by atoms with Crippen molar-refractivity contribution in [2.45, 2.75) is 32.7 Å². The number of aryl methyl sites for hydroxylation is 1. The van der Waals surface area contributed by atoms with Crippen molar-refractivity contribution < 1.29 is 13.9 Å². The Bertz CT molecular complexity index is 885. The number of carbonyl (C=O) groups is 1. The first-order valence-electron chi connectivity index (χ1n) is 8.69. The maximum atomic E-state index is 12.9. The van der Waals surface area contributed by atoms with Gasteiger partial charge in [-0.1, -0.05) is 6.07 Å². The van der Waals surface area contributed by atoms with Crippen molar-refractivity contribution in [2.75, 3.05) is 6.54 Å². The fourth-order valence-electron chi connectivity index (χ4n) is 3.24. The molecule has 6 heteroatoms. The largest absolute Gasteiger partial charge is 0.459 e. The first-order chi connectivity index (χ1) is 12.7. The van der Waals surface area contributed by atoms with Crippen LogP contribution in [-0.2, 0) is 24.4 Å². The SMILES string of the molecule is Cc1ccoc1C(=O)N1Cc2cccn2CC(OCc2ccccn2)C1. The monoisotopic (exact) mass is 351 g/mol. The van der Waals surface area contributed by atoms with E-state index in [9.17, 15) is 4.79 Å². The highest BCUT2D eigenvalue weighted by molar-refractivity contribution is 5.92. The van der Waals surface area contributed by atoms with Gasteiger partial charge >= 0.3 is 0 Å². The molecule has 1 aliphatic heterocycles. The average Bonchev–Trinajstić information content (AvgIpc) is 3.24. The Morgan fingerprint density at radius 3 is 2.96 bits per heavy atom. The normalized spacial score (nSPS) is 17.0. The van der Waals surface area contributed by atoms with Gasteiger partial charge in [-0.3, -0.25) is 9.78 Å². The van der Waals surface area contributed by atoms with Crippen LogP contribution in [0.4, 0.5) is 0 Å². The molecule has 0 radical (unpaired) electrons. The molecule has 0 aliphatic carbocycles. The summed E-state index contributed by atoms with van der Waals surface area (Å²) in [6.07, 6.45) is 5.21. The molecule has 1 amide bonds. The summed E-state index contributed by atoms with van der Waals surface area (Å²) in [6, 6.07) is 11.6. The molecule has 26 heavy (non-hydrogen) atoms. The lowest BCUT2D eigenvalue weighted by Crippen LogP contribution is -2.37. The van der Waals surface area contributed by atoms with Crippen LogP contribution in [0, 0.1) is 6.92 Å². The summed E-state index contributed by atoms with van der Waals surface area (Å²) in [5, 5.41) is 0. The highest BCUT2D eigenvalue weighted by Crippen LogP contribution is 2.20. The second-order valence-electron chi connectivity index (χ2n) is 6.52. The van der Waals surface area contributed by atoms with Gasteiger partial charge in [-0.25, -0.2) is 0 Å². The quantitative estimate of drug-likeness (QED) is 0.725. The molecule has 0 fully saturated rings. The molecule has 134 valence electrons. The van der Waals surface area contributed by atoms with Gasteiger partial charge in [0.1, 0.15) is 0 Å². The molecule has 3 aromatic heterocycles. The van der Waals surface area contributed by atoms with Crippen LogP contribution in [0.1, 0.15) is 27.5 Å². The summed E-state index contributed by atoms with van der Waals surface area (Å²) < 4.78 is 13.6. The van der Waals surface area contributed by atoms with E-state index >= 15 is 0 Å². The number of hydrogen-bond donors (Lipinski definition) is 0. The topological polar surface area (TPSA) is 60.5 Å². The van der Waals surface area contributed by atoms with Crippen LogP contribution in [0.5, 0.6) is 0 Å². The standard InChI is InChI=1S/C20H21N3O3/c1-15-7-10-25-19(15)20(24)23-11-17-6-4-9-22(17)12-18(13-23)26-14-16-5-2-3-8-21-16/h2-10,18H,11-14H2,1H3. The number of pyridine rings is 1. The summed E-state index contributed by atoms with van der Waals surface area (Å²) >= 11 is 0. The zero-order valence-corrected chi connectivity index (χ0v) is 14.7. The number of fused-ring (bicyclic) bond motifs is 1. The van der Waals surface area contributed by atoms with Gasteiger partial charge in [-0.05, 0) is 37.3 Å². The summed E-state index contributed by atoms with van der Waals surface area (Å²) in [6.45, 7) is 4.05. The number of hydrogen-bond acceptors (Lipinski definition) is 4. The zero-order chi connectivity index (χ0) is 17.9. The number of carbonyl (C=O) groups excluding carboxylic acids is 1. The minimum atomic E-state index is -0.120. The molecule has 1 unspecified atom stereocenters. The van der Waals surface area contributed by atoms with Crippen LogP contribution in [0.25, 0.3) is 0 Å². The first-order valence-corrected chi connectivity index (χ1v) is 8.69. The van der Waals surface area contributed by atoms with E-state index in [1.807, 2.05) is 49.5 Å². The van der Waals surface area contributed by atoms with E-state index in [-0.39, 0.29) is 12.0 Å². The average molecular weight is 351 g/mol. The summed E-state index contributed by atoms with van der Waals surface area (Å²) in [5.74, 6) is 0.294. The van der Waals surface area contributed by atoms with E-state index in [4.69, 9.17) is 9.15 Å². The van der Waals surface area contributed by atoms with E-state index in [2.05, 4.69) is 9.55 Å². The minimum absolute atomic E-state index is 0.103. The number of rotatable bonds is 4. The molecular weight excluding hydrogens is 330 g/mol. The lowest BCUT2D eigenvalue weighted by molar-refractivity contribution is 0.00847. The fourth-order valence-corrected chi connectivity index (χ4v) is 3.24. The Labute approximate surface area is 152 Å². The number of aromatic nitrogens is 2. The van der Waals surface area contributed by atoms with Crippen molar-refractivity contribution in [1.29, 1.82) is 0 Å². The number of nitrogens with zero attached hydrogens (tertiary/aromatic N) is 3. The van der Waals surface area contributed by atoms with E-state index in [1.54, 1.807) is 17.4 Å². The molecule has 0 aromatic carbocycles. The van der Waals surface area contributed by atoms with E-state index in [1.165, 1.54) is 0 Å². The van der Waals surface area contributed by atoms with Gasteiger partial charge in [0.25, 0.3) is 5.91 Å². The Hall–Kier alpha value is -2.86. The second-order valence-corrected chi connectivity index (χ2v) is 6.52. The molecule has 4 rings (SSSR count). The van der Waals surface area contributed by atoms with Crippen LogP contribution in [-0.4, -0.2) is 33.0 Å². The van der Waals surface area contributed by atoms with Crippen molar-refractivity contribution in [2.24, 2.45) is 0 Å². The maximum absolute atomic E-state index is 12.9. The predicted molar refractivity (Wildman–Crippen MR) is 95.4 cm³/mol. The number of furan rings is 1. The Balaban J connectivity index is 1.53. The number of ether oxygens (including phenoxy) is 1. The van der Waals surface area contributed by atoms with Gasteiger partial charge in [0.05, 0.1) is 37.8 Å². The van der Waals surface area contributed by atoms with Crippen LogP contribution in [0.15, 0.2) is 59.5 Å². The van der Waals surface area contributed by atoms with E-state index in [0.29, 0.717) is 32.0 Å².